The fourth-order valence-corrected chi connectivity index (χ4v) is 8.22. The van der Waals surface area contributed by atoms with E-state index in [0.717, 1.165) is 34.3 Å². The number of hydrogen-bond acceptors (Lipinski definition) is 7. The van der Waals surface area contributed by atoms with E-state index in [0.29, 0.717) is 26.3 Å². The van der Waals surface area contributed by atoms with Crippen molar-refractivity contribution >= 4 is 69.5 Å². The van der Waals surface area contributed by atoms with Crippen LogP contribution in [0.4, 0.5) is 21.5 Å². The third-order valence-corrected chi connectivity index (χ3v) is 10.2. The maximum absolute atomic E-state index is 14.0. The van der Waals surface area contributed by atoms with Crippen LogP contribution in [0.3, 0.4) is 0 Å². The van der Waals surface area contributed by atoms with Crippen molar-refractivity contribution in [1.82, 2.24) is 4.57 Å². The molecule has 12 heteroatoms. The summed E-state index contributed by atoms with van der Waals surface area (Å²) in [5, 5.41) is 2.84. The molecule has 0 saturated carbocycles. The number of nitrogens with zero attached hydrogens (tertiary/aromatic N) is 3. The highest BCUT2D eigenvalue weighted by Crippen LogP contribution is 2.54. The number of nitrogens with one attached hydrogen (secondary N) is 1. The van der Waals surface area contributed by atoms with Gasteiger partial charge in [0, 0.05) is 41.3 Å². The molecule has 3 amide bonds. The molecule has 0 radical (unpaired) electrons. The second-order valence-corrected chi connectivity index (χ2v) is 12.8. The molecule has 0 aliphatic carbocycles. The Morgan fingerprint density at radius 1 is 0.952 bits per heavy atom. The molecule has 0 bridgehead atoms. The van der Waals surface area contributed by atoms with Gasteiger partial charge in [-0.15, -0.1) is 0 Å². The van der Waals surface area contributed by atoms with E-state index in [9.17, 15) is 23.6 Å². The first-order valence-corrected chi connectivity index (χ1v) is 15.1. The topological polar surface area (TPSA) is 91.7 Å². The summed E-state index contributed by atoms with van der Waals surface area (Å²) in [6, 6.07) is 19.5. The third kappa shape index (κ3) is 5.01. The normalized spacial score (nSPS) is 19.4. The van der Waals surface area contributed by atoms with Gasteiger partial charge in [-0.3, -0.25) is 23.7 Å². The molecule has 214 valence electrons. The maximum Gasteiger partial charge on any atom is 0.308 e. The number of thiazole rings is 1. The van der Waals surface area contributed by atoms with Crippen molar-refractivity contribution < 1.29 is 18.8 Å². The molecule has 2 aliphatic heterocycles. The average Bonchev–Trinajstić information content (AvgIpc) is 3.41. The first-order valence-electron chi connectivity index (χ1n) is 13.0. The molecule has 2 aliphatic rings. The molecule has 0 unspecified atom stereocenters. The second-order valence-electron chi connectivity index (χ2n) is 10.2. The Kier molecular flexibility index (Phi) is 7.42. The van der Waals surface area contributed by atoms with Gasteiger partial charge in [0.15, 0.2) is 0 Å². The molecule has 3 heterocycles. The largest absolute Gasteiger partial charge is 0.378 e. The Morgan fingerprint density at radius 3 is 2.26 bits per heavy atom. The van der Waals surface area contributed by atoms with Gasteiger partial charge in [0.2, 0.25) is 17.7 Å². The Balaban J connectivity index is 1.41. The van der Waals surface area contributed by atoms with E-state index >= 15 is 0 Å². The van der Waals surface area contributed by atoms with Gasteiger partial charge in [-0.25, -0.2) is 9.29 Å². The second kappa shape index (κ2) is 11.0. The molecule has 1 aromatic heterocycles. The molecule has 6 rings (SSSR count). The monoisotopic (exact) mass is 622 g/mol. The van der Waals surface area contributed by atoms with E-state index in [2.05, 4.69) is 5.32 Å². The van der Waals surface area contributed by atoms with Gasteiger partial charge in [0.05, 0.1) is 16.6 Å². The molecule has 1 saturated heterocycles. The number of imide groups is 1. The number of carbonyl (C=O) groups is 3. The first kappa shape index (κ1) is 28.2. The SMILES string of the molecule is CN(C)c1ccc([C@@H]2c3sc(=O)n(CC(=O)Nc4ccc(F)cc4)c3S[C@H]3C(=O)N(c4ccc(Cl)cc4)C(=O)[C@@H]23)cc1. The molecule has 1 N–H and O–H groups in total. The number of hydrogen-bond donors (Lipinski definition) is 1. The average molecular weight is 623 g/mol. The minimum atomic E-state index is -0.806. The van der Waals surface area contributed by atoms with Crippen molar-refractivity contribution in [1.29, 1.82) is 0 Å². The number of fused-ring (bicyclic) bond motifs is 2. The van der Waals surface area contributed by atoms with Gasteiger partial charge in [0.1, 0.15) is 17.6 Å². The van der Waals surface area contributed by atoms with E-state index in [1.807, 2.05) is 43.3 Å². The molecular weight excluding hydrogens is 599 g/mol. The smallest absolute Gasteiger partial charge is 0.308 e. The van der Waals surface area contributed by atoms with E-state index in [1.54, 1.807) is 24.3 Å². The Hall–Kier alpha value is -3.93. The van der Waals surface area contributed by atoms with Crippen LogP contribution in [0, 0.1) is 11.7 Å². The number of aromatic nitrogens is 1. The van der Waals surface area contributed by atoms with Crippen LogP contribution < -0.4 is 20.0 Å². The Morgan fingerprint density at radius 2 is 1.62 bits per heavy atom. The van der Waals surface area contributed by atoms with Gasteiger partial charge < -0.3 is 10.2 Å². The zero-order chi connectivity index (χ0) is 29.7. The van der Waals surface area contributed by atoms with Crippen molar-refractivity contribution in [3.8, 4) is 0 Å². The summed E-state index contributed by atoms with van der Waals surface area (Å²) in [4.78, 5) is 57.5. The molecular formula is C30H24ClFN4O4S2. The summed E-state index contributed by atoms with van der Waals surface area (Å²) >= 11 is 8.17. The molecule has 3 aromatic carbocycles. The quantitative estimate of drug-likeness (QED) is 0.297. The lowest BCUT2D eigenvalue weighted by molar-refractivity contribution is -0.122. The minimum absolute atomic E-state index is 0.304. The van der Waals surface area contributed by atoms with E-state index in [4.69, 9.17) is 11.6 Å². The van der Waals surface area contributed by atoms with E-state index in [-0.39, 0.29) is 23.2 Å². The molecule has 0 spiro atoms. The summed E-state index contributed by atoms with van der Waals surface area (Å²) in [6.45, 7) is -0.304. The minimum Gasteiger partial charge on any atom is -0.378 e. The predicted molar refractivity (Wildman–Crippen MR) is 163 cm³/mol. The van der Waals surface area contributed by atoms with E-state index in [1.165, 1.54) is 33.7 Å². The molecule has 3 atom stereocenters. The highest BCUT2D eigenvalue weighted by atomic mass is 35.5. The lowest BCUT2D eigenvalue weighted by atomic mass is 9.83. The van der Waals surface area contributed by atoms with Crippen LogP contribution in [-0.2, 0) is 20.9 Å². The summed E-state index contributed by atoms with van der Waals surface area (Å²) in [5.41, 5.74) is 2.56. The summed E-state index contributed by atoms with van der Waals surface area (Å²) in [5.74, 6) is -2.98. The van der Waals surface area contributed by atoms with Crippen LogP contribution in [0.1, 0.15) is 16.4 Å². The number of amides is 3. The van der Waals surface area contributed by atoms with Crippen LogP contribution >= 0.6 is 34.7 Å². The van der Waals surface area contributed by atoms with Gasteiger partial charge >= 0.3 is 4.87 Å². The Labute approximate surface area is 253 Å². The van der Waals surface area contributed by atoms with Crippen LogP contribution in [0.2, 0.25) is 5.02 Å². The number of carbonyl (C=O) groups excluding carboxylic acids is 3. The standard InChI is InChI=1S/C30H24ClFN4O4S2/c1-34(2)20-11-3-16(4-12-20)23-24-25(28(39)36(27(24)38)21-13-5-17(31)6-14-21)41-29-26(23)42-30(40)35(29)15-22(37)33-19-9-7-18(32)8-10-19/h3-14,23-25H,15H2,1-2H3,(H,33,37)/t23-,24-,25+/m0/s1. The maximum atomic E-state index is 14.0. The number of thioether (sulfide) groups is 1. The predicted octanol–water partition coefficient (Wildman–Crippen LogP) is 5.20. The lowest BCUT2D eigenvalue weighted by Crippen LogP contribution is -2.33. The van der Waals surface area contributed by atoms with Crippen LogP contribution in [0.25, 0.3) is 0 Å². The van der Waals surface area contributed by atoms with Gasteiger partial charge in [-0.2, -0.15) is 0 Å². The van der Waals surface area contributed by atoms with Crippen LogP contribution in [0.5, 0.6) is 0 Å². The van der Waals surface area contributed by atoms with Crippen LogP contribution in [-0.4, -0.2) is 41.6 Å². The fraction of sp³-hybridized carbons (Fsp3) is 0.200. The molecule has 1 fully saturated rings. The highest BCUT2D eigenvalue weighted by molar-refractivity contribution is 8.00. The lowest BCUT2D eigenvalue weighted by Gasteiger charge is -2.31. The van der Waals surface area contributed by atoms with Crippen LogP contribution in [0.15, 0.2) is 82.6 Å². The van der Waals surface area contributed by atoms with Crippen molar-refractivity contribution in [2.75, 3.05) is 29.2 Å². The van der Waals surface area contributed by atoms with Gasteiger partial charge in [-0.1, -0.05) is 46.8 Å². The zero-order valence-corrected chi connectivity index (χ0v) is 24.8. The zero-order valence-electron chi connectivity index (χ0n) is 22.4. The fourth-order valence-electron chi connectivity index (χ4n) is 5.32. The summed E-state index contributed by atoms with van der Waals surface area (Å²) in [6.07, 6.45) is 0. The highest BCUT2D eigenvalue weighted by Gasteiger charge is 2.56. The summed E-state index contributed by atoms with van der Waals surface area (Å²) in [7, 11) is 3.85. The van der Waals surface area contributed by atoms with E-state index < -0.39 is 28.8 Å². The van der Waals surface area contributed by atoms with Gasteiger partial charge in [0.25, 0.3) is 0 Å². The number of rotatable bonds is 6. The van der Waals surface area contributed by atoms with Crippen molar-refractivity contribution in [2.24, 2.45) is 5.92 Å². The number of anilines is 3. The summed E-state index contributed by atoms with van der Waals surface area (Å²) < 4.78 is 14.7. The number of benzene rings is 3. The van der Waals surface area contributed by atoms with Crippen molar-refractivity contribution in [3.05, 3.63) is 104 Å². The Bertz CT molecular complexity index is 1750. The molecule has 42 heavy (non-hydrogen) atoms. The molecule has 4 aromatic rings. The van der Waals surface area contributed by atoms with Gasteiger partial charge in [-0.05, 0) is 66.2 Å². The first-order chi connectivity index (χ1) is 20.1. The van der Waals surface area contributed by atoms with Crippen molar-refractivity contribution in [3.63, 3.8) is 0 Å². The molecule has 8 nitrogen and oxygen atoms in total. The third-order valence-electron chi connectivity index (χ3n) is 7.33. The van der Waals surface area contributed by atoms with Crippen molar-refractivity contribution in [2.45, 2.75) is 22.7 Å². The number of halogens is 2.